The highest BCUT2D eigenvalue weighted by atomic mass is 79.9. The van der Waals surface area contributed by atoms with E-state index in [0.29, 0.717) is 18.0 Å². The van der Waals surface area contributed by atoms with Crippen molar-refractivity contribution in [1.29, 1.82) is 0 Å². The van der Waals surface area contributed by atoms with Crippen LogP contribution in [0.4, 0.5) is 0 Å². The first kappa shape index (κ1) is 18.8. The molecule has 0 bridgehead atoms. The van der Waals surface area contributed by atoms with Crippen molar-refractivity contribution < 1.29 is 9.53 Å². The van der Waals surface area contributed by atoms with Gasteiger partial charge in [-0.3, -0.25) is 9.89 Å². The molecule has 0 fully saturated rings. The Morgan fingerprint density at radius 1 is 1.26 bits per heavy atom. The topological polar surface area (TPSA) is 79.4 Å². The summed E-state index contributed by atoms with van der Waals surface area (Å²) in [6, 6.07) is 16.9. The van der Waals surface area contributed by atoms with E-state index < -0.39 is 0 Å². The minimum atomic E-state index is -0.358. The smallest absolute Gasteiger partial charge is 0.289 e. The highest BCUT2D eigenvalue weighted by Crippen LogP contribution is 2.21. The van der Waals surface area contributed by atoms with E-state index in [0.717, 1.165) is 27.8 Å². The molecule has 1 heterocycles. The Labute approximate surface area is 165 Å². The Kier molecular flexibility index (Phi) is 6.38. The average molecular weight is 427 g/mol. The number of carbonyl (C=O) groups is 1. The van der Waals surface area contributed by atoms with Crippen molar-refractivity contribution >= 4 is 28.1 Å². The third-order valence-electron chi connectivity index (χ3n) is 3.67. The number of amides is 1. The van der Waals surface area contributed by atoms with Gasteiger partial charge in [0.25, 0.3) is 5.91 Å². The quantitative estimate of drug-likeness (QED) is 0.434. The zero-order valence-electron chi connectivity index (χ0n) is 14.8. The molecule has 2 N–H and O–H groups in total. The molecular weight excluding hydrogens is 408 g/mol. The van der Waals surface area contributed by atoms with E-state index in [1.807, 2.05) is 48.5 Å². The van der Waals surface area contributed by atoms with Crippen LogP contribution in [0.2, 0.25) is 0 Å². The summed E-state index contributed by atoms with van der Waals surface area (Å²) in [6.07, 6.45) is 2.54. The maximum absolute atomic E-state index is 12.2. The van der Waals surface area contributed by atoms with Crippen LogP contribution in [0, 0.1) is 0 Å². The fraction of sp³-hybridized carbons (Fsp3) is 0.150. The molecule has 0 spiro atoms. The van der Waals surface area contributed by atoms with Gasteiger partial charge in [-0.2, -0.15) is 10.2 Å². The minimum absolute atomic E-state index is 0.336. The number of hydrazone groups is 1. The standard InChI is InChI=1S/C20H19BrN4O2/c1-2-10-27-17-8-6-15(7-9-17)18-12-19(24-23-18)20(26)25-22-13-14-4-3-5-16(21)11-14/h3-9,11-13H,2,10H2,1H3,(H,23,24)(H,25,26)/b22-13+. The van der Waals surface area contributed by atoms with Crippen molar-refractivity contribution in [3.8, 4) is 17.0 Å². The maximum atomic E-state index is 12.2. The third kappa shape index (κ3) is 5.27. The van der Waals surface area contributed by atoms with Crippen LogP contribution < -0.4 is 10.2 Å². The number of hydrogen-bond donors (Lipinski definition) is 2. The molecule has 1 aromatic heterocycles. The van der Waals surface area contributed by atoms with Gasteiger partial charge in [-0.05, 0) is 54.4 Å². The second-order valence-corrected chi connectivity index (χ2v) is 6.71. The Morgan fingerprint density at radius 3 is 2.81 bits per heavy atom. The SMILES string of the molecule is CCCOc1ccc(-c2cc(C(=O)N/N=C/c3cccc(Br)c3)[nH]n2)cc1. The lowest BCUT2D eigenvalue weighted by Gasteiger charge is -2.04. The summed E-state index contributed by atoms with van der Waals surface area (Å²) in [7, 11) is 0. The summed E-state index contributed by atoms with van der Waals surface area (Å²) in [5.74, 6) is 0.457. The molecule has 3 rings (SSSR count). The molecule has 0 aliphatic rings. The molecule has 7 heteroatoms. The normalized spacial score (nSPS) is 10.9. The van der Waals surface area contributed by atoms with Crippen molar-refractivity contribution in [2.75, 3.05) is 6.61 Å². The predicted molar refractivity (Wildman–Crippen MR) is 109 cm³/mol. The van der Waals surface area contributed by atoms with Gasteiger partial charge in [0, 0.05) is 10.0 Å². The van der Waals surface area contributed by atoms with Gasteiger partial charge in [0.05, 0.1) is 18.5 Å². The van der Waals surface area contributed by atoms with Gasteiger partial charge in [0.2, 0.25) is 0 Å². The van der Waals surface area contributed by atoms with E-state index in [2.05, 4.69) is 43.6 Å². The lowest BCUT2D eigenvalue weighted by Crippen LogP contribution is -2.17. The Balaban J connectivity index is 1.62. The molecule has 6 nitrogen and oxygen atoms in total. The molecule has 0 aliphatic heterocycles. The highest BCUT2D eigenvalue weighted by molar-refractivity contribution is 9.10. The molecular formula is C20H19BrN4O2. The van der Waals surface area contributed by atoms with E-state index in [4.69, 9.17) is 4.74 Å². The summed E-state index contributed by atoms with van der Waals surface area (Å²) in [6.45, 7) is 2.75. The number of benzene rings is 2. The molecule has 0 radical (unpaired) electrons. The average Bonchev–Trinajstić information content (AvgIpc) is 3.17. The fourth-order valence-electron chi connectivity index (χ4n) is 2.34. The summed E-state index contributed by atoms with van der Waals surface area (Å²) in [4.78, 5) is 12.2. The van der Waals surface area contributed by atoms with Crippen LogP contribution in [0.1, 0.15) is 29.4 Å². The monoisotopic (exact) mass is 426 g/mol. The number of H-pyrrole nitrogens is 1. The first-order valence-electron chi connectivity index (χ1n) is 8.53. The lowest BCUT2D eigenvalue weighted by molar-refractivity contribution is 0.0950. The van der Waals surface area contributed by atoms with Gasteiger partial charge in [0.15, 0.2) is 0 Å². The Morgan fingerprint density at radius 2 is 2.07 bits per heavy atom. The first-order valence-corrected chi connectivity index (χ1v) is 9.32. The number of rotatable bonds is 7. The predicted octanol–water partition coefficient (Wildman–Crippen LogP) is 4.39. The number of nitrogens with one attached hydrogen (secondary N) is 2. The lowest BCUT2D eigenvalue weighted by atomic mass is 10.1. The Hall–Kier alpha value is -2.93. The largest absolute Gasteiger partial charge is 0.494 e. The summed E-state index contributed by atoms with van der Waals surface area (Å²) >= 11 is 3.39. The summed E-state index contributed by atoms with van der Waals surface area (Å²) in [5.41, 5.74) is 5.27. The molecule has 27 heavy (non-hydrogen) atoms. The number of aromatic amines is 1. The number of hydrogen-bond acceptors (Lipinski definition) is 4. The fourth-order valence-corrected chi connectivity index (χ4v) is 2.76. The zero-order chi connectivity index (χ0) is 19.1. The van der Waals surface area contributed by atoms with E-state index >= 15 is 0 Å². The molecule has 0 atom stereocenters. The van der Waals surface area contributed by atoms with Gasteiger partial charge >= 0.3 is 0 Å². The zero-order valence-corrected chi connectivity index (χ0v) is 16.4. The number of nitrogens with zero attached hydrogens (tertiary/aromatic N) is 2. The molecule has 0 unspecified atom stereocenters. The number of halogens is 1. The van der Waals surface area contributed by atoms with E-state index in [1.165, 1.54) is 0 Å². The van der Waals surface area contributed by atoms with Crippen molar-refractivity contribution in [1.82, 2.24) is 15.6 Å². The number of aromatic nitrogens is 2. The summed E-state index contributed by atoms with van der Waals surface area (Å²) in [5, 5.41) is 10.9. The van der Waals surface area contributed by atoms with Crippen LogP contribution in [0.5, 0.6) is 5.75 Å². The van der Waals surface area contributed by atoms with Gasteiger partial charge < -0.3 is 4.74 Å². The third-order valence-corrected chi connectivity index (χ3v) is 4.17. The second kappa shape index (κ2) is 9.14. The molecule has 2 aromatic carbocycles. The van der Waals surface area contributed by atoms with Crippen molar-refractivity contribution in [3.63, 3.8) is 0 Å². The molecule has 3 aromatic rings. The number of carbonyl (C=O) groups excluding carboxylic acids is 1. The Bertz CT molecular complexity index is 935. The molecule has 0 aliphatic carbocycles. The van der Waals surface area contributed by atoms with Crippen LogP contribution in [0.3, 0.4) is 0 Å². The van der Waals surface area contributed by atoms with E-state index in [9.17, 15) is 4.79 Å². The van der Waals surface area contributed by atoms with Crippen LogP contribution >= 0.6 is 15.9 Å². The second-order valence-electron chi connectivity index (χ2n) is 5.79. The van der Waals surface area contributed by atoms with E-state index in [1.54, 1.807) is 12.3 Å². The molecule has 1 amide bonds. The van der Waals surface area contributed by atoms with Crippen molar-refractivity contribution in [2.24, 2.45) is 5.10 Å². The van der Waals surface area contributed by atoms with Crippen LogP contribution in [-0.2, 0) is 0 Å². The molecule has 0 saturated carbocycles. The van der Waals surface area contributed by atoms with E-state index in [-0.39, 0.29) is 5.91 Å². The van der Waals surface area contributed by atoms with Crippen molar-refractivity contribution in [2.45, 2.75) is 13.3 Å². The molecule has 138 valence electrons. The van der Waals surface area contributed by atoms with Crippen LogP contribution in [0.15, 0.2) is 64.2 Å². The molecule has 0 saturated heterocycles. The van der Waals surface area contributed by atoms with Crippen LogP contribution in [-0.4, -0.2) is 28.9 Å². The van der Waals surface area contributed by atoms with Crippen molar-refractivity contribution in [3.05, 3.63) is 70.3 Å². The minimum Gasteiger partial charge on any atom is -0.494 e. The first-order chi connectivity index (χ1) is 13.2. The number of ether oxygens (including phenoxy) is 1. The van der Waals surface area contributed by atoms with Gasteiger partial charge in [0.1, 0.15) is 11.4 Å². The van der Waals surface area contributed by atoms with Gasteiger partial charge in [-0.1, -0.05) is 35.0 Å². The van der Waals surface area contributed by atoms with Crippen LogP contribution in [0.25, 0.3) is 11.3 Å². The maximum Gasteiger partial charge on any atom is 0.289 e. The summed E-state index contributed by atoms with van der Waals surface area (Å²) < 4.78 is 6.51. The van der Waals surface area contributed by atoms with Gasteiger partial charge in [-0.15, -0.1) is 0 Å². The highest BCUT2D eigenvalue weighted by Gasteiger charge is 2.10. The van der Waals surface area contributed by atoms with Gasteiger partial charge in [-0.25, -0.2) is 5.43 Å².